The zero-order valence-electron chi connectivity index (χ0n) is 11.7. The lowest BCUT2D eigenvalue weighted by Gasteiger charge is -2.34. The Kier molecular flexibility index (Phi) is 4.71. The molecule has 1 aliphatic rings. The summed E-state index contributed by atoms with van der Waals surface area (Å²) in [7, 11) is 2.06. The quantitative estimate of drug-likeness (QED) is 0.791. The highest BCUT2D eigenvalue weighted by atomic mass is 79.9. The Morgan fingerprint density at radius 1 is 1.33 bits per heavy atom. The molecule has 1 aliphatic heterocycles. The van der Waals surface area contributed by atoms with E-state index in [1.54, 1.807) is 0 Å². The van der Waals surface area contributed by atoms with Crippen molar-refractivity contribution in [1.82, 2.24) is 9.78 Å². The molecule has 0 amide bonds. The first-order chi connectivity index (χ1) is 8.67. The van der Waals surface area contributed by atoms with Gasteiger partial charge in [-0.2, -0.15) is 5.10 Å². The van der Waals surface area contributed by atoms with Crippen molar-refractivity contribution in [2.45, 2.75) is 44.9 Å². The maximum Gasteiger partial charge on any atom is 0.130 e. The minimum atomic E-state index is 0.900. The molecule has 0 bridgehead atoms. The molecule has 0 atom stereocenters. The smallest absolute Gasteiger partial charge is 0.130 e. The van der Waals surface area contributed by atoms with Crippen LogP contribution < -0.4 is 4.90 Å². The molecule has 1 aromatic rings. The van der Waals surface area contributed by atoms with Crippen molar-refractivity contribution < 1.29 is 0 Å². The summed E-state index contributed by atoms with van der Waals surface area (Å²) in [6.07, 6.45) is 5.38. The van der Waals surface area contributed by atoms with E-state index >= 15 is 0 Å². The van der Waals surface area contributed by atoms with Crippen LogP contribution in [-0.2, 0) is 12.4 Å². The maximum absolute atomic E-state index is 4.56. The fourth-order valence-corrected chi connectivity index (χ4v) is 3.74. The van der Waals surface area contributed by atoms with Gasteiger partial charge in [0.2, 0.25) is 0 Å². The Morgan fingerprint density at radius 3 is 2.56 bits per heavy atom. The van der Waals surface area contributed by atoms with Gasteiger partial charge in [-0.3, -0.25) is 4.68 Å². The number of anilines is 1. The molecule has 102 valence electrons. The van der Waals surface area contributed by atoms with E-state index in [0.717, 1.165) is 16.9 Å². The van der Waals surface area contributed by atoms with Crippen molar-refractivity contribution >= 4 is 21.7 Å². The van der Waals surface area contributed by atoms with Gasteiger partial charge in [0.25, 0.3) is 0 Å². The van der Waals surface area contributed by atoms with E-state index in [2.05, 4.69) is 46.8 Å². The molecule has 4 heteroatoms. The largest absolute Gasteiger partial charge is 0.357 e. The lowest BCUT2D eigenvalue weighted by atomic mass is 9.92. The SMILES string of the molecule is CCCC1CCN(c2c(CBr)c(C)nn2C)CC1. The third-order valence-electron chi connectivity index (χ3n) is 4.06. The molecular formula is C14H24BrN3. The van der Waals surface area contributed by atoms with Crippen molar-refractivity contribution in [2.75, 3.05) is 18.0 Å². The predicted octanol–water partition coefficient (Wildman–Crippen LogP) is 3.64. The van der Waals surface area contributed by atoms with Gasteiger partial charge >= 0.3 is 0 Å². The molecule has 0 aromatic carbocycles. The Hall–Kier alpha value is -0.510. The fraction of sp³-hybridized carbons (Fsp3) is 0.786. The van der Waals surface area contributed by atoms with E-state index in [0.29, 0.717) is 0 Å². The third kappa shape index (κ3) is 2.73. The summed E-state index contributed by atoms with van der Waals surface area (Å²) in [5.41, 5.74) is 2.51. The molecule has 18 heavy (non-hydrogen) atoms. The second kappa shape index (κ2) is 6.09. The summed E-state index contributed by atoms with van der Waals surface area (Å²) >= 11 is 3.60. The van der Waals surface area contributed by atoms with Crippen LogP contribution in [0.25, 0.3) is 0 Å². The summed E-state index contributed by atoms with van der Waals surface area (Å²) in [4.78, 5) is 2.52. The van der Waals surface area contributed by atoms with Gasteiger partial charge in [0.05, 0.1) is 5.69 Å². The van der Waals surface area contributed by atoms with Crippen LogP contribution in [0.15, 0.2) is 0 Å². The molecule has 0 saturated carbocycles. The average molecular weight is 314 g/mol. The van der Waals surface area contributed by atoms with Gasteiger partial charge in [-0.25, -0.2) is 0 Å². The van der Waals surface area contributed by atoms with Gasteiger partial charge in [0, 0.05) is 31.0 Å². The molecule has 1 fully saturated rings. The van der Waals surface area contributed by atoms with Gasteiger partial charge in [-0.15, -0.1) is 0 Å². The standard InChI is InChI=1S/C14H24BrN3/c1-4-5-12-6-8-18(9-7-12)14-13(10-15)11(2)16-17(14)3/h12H,4-10H2,1-3H3. The molecule has 0 unspecified atom stereocenters. The Morgan fingerprint density at radius 2 is 2.00 bits per heavy atom. The van der Waals surface area contributed by atoms with Crippen molar-refractivity contribution in [3.8, 4) is 0 Å². The molecular weight excluding hydrogens is 290 g/mol. The molecule has 3 nitrogen and oxygen atoms in total. The van der Waals surface area contributed by atoms with Crippen LogP contribution in [0.2, 0.25) is 0 Å². The van der Waals surface area contributed by atoms with Crippen LogP contribution in [-0.4, -0.2) is 22.9 Å². The van der Waals surface area contributed by atoms with Crippen molar-refractivity contribution in [2.24, 2.45) is 13.0 Å². The van der Waals surface area contributed by atoms with Gasteiger partial charge in [-0.05, 0) is 25.7 Å². The summed E-state index contributed by atoms with van der Waals surface area (Å²) in [6.45, 7) is 6.76. The number of hydrogen-bond acceptors (Lipinski definition) is 2. The van der Waals surface area contributed by atoms with Gasteiger partial charge in [0.1, 0.15) is 5.82 Å². The molecule has 1 aromatic heterocycles. The van der Waals surface area contributed by atoms with Crippen molar-refractivity contribution in [1.29, 1.82) is 0 Å². The Balaban J connectivity index is 2.09. The van der Waals surface area contributed by atoms with Crippen LogP contribution in [0.1, 0.15) is 43.9 Å². The molecule has 0 radical (unpaired) electrons. The monoisotopic (exact) mass is 313 g/mol. The average Bonchev–Trinajstić information content (AvgIpc) is 2.65. The summed E-state index contributed by atoms with van der Waals surface area (Å²) in [5.74, 6) is 2.26. The van der Waals surface area contributed by atoms with Crippen LogP contribution in [0.5, 0.6) is 0 Å². The number of hydrogen-bond donors (Lipinski definition) is 0. The number of piperidine rings is 1. The highest BCUT2D eigenvalue weighted by molar-refractivity contribution is 9.08. The van der Waals surface area contributed by atoms with Crippen LogP contribution >= 0.6 is 15.9 Å². The lowest BCUT2D eigenvalue weighted by molar-refractivity contribution is 0.375. The van der Waals surface area contributed by atoms with Crippen molar-refractivity contribution in [3.63, 3.8) is 0 Å². The van der Waals surface area contributed by atoms with Crippen LogP contribution in [0, 0.1) is 12.8 Å². The fourth-order valence-electron chi connectivity index (χ4n) is 3.08. The second-order valence-corrected chi connectivity index (χ2v) is 5.92. The normalized spacial score (nSPS) is 17.4. The number of nitrogens with zero attached hydrogens (tertiary/aromatic N) is 3. The predicted molar refractivity (Wildman–Crippen MR) is 80.4 cm³/mol. The second-order valence-electron chi connectivity index (χ2n) is 5.36. The van der Waals surface area contributed by atoms with E-state index < -0.39 is 0 Å². The zero-order chi connectivity index (χ0) is 13.1. The molecule has 0 N–H and O–H groups in total. The summed E-state index contributed by atoms with van der Waals surface area (Å²) < 4.78 is 2.05. The minimum absolute atomic E-state index is 0.900. The van der Waals surface area contributed by atoms with Gasteiger partial charge in [-0.1, -0.05) is 35.7 Å². The number of aryl methyl sites for hydroxylation is 2. The maximum atomic E-state index is 4.56. The molecule has 2 heterocycles. The van der Waals surface area contributed by atoms with E-state index in [9.17, 15) is 0 Å². The van der Waals surface area contributed by atoms with E-state index in [1.165, 1.54) is 50.2 Å². The molecule has 0 aliphatic carbocycles. The minimum Gasteiger partial charge on any atom is -0.357 e. The number of halogens is 1. The highest BCUT2D eigenvalue weighted by Gasteiger charge is 2.23. The highest BCUT2D eigenvalue weighted by Crippen LogP contribution is 2.30. The topological polar surface area (TPSA) is 21.1 Å². The van der Waals surface area contributed by atoms with Crippen molar-refractivity contribution in [3.05, 3.63) is 11.3 Å². The van der Waals surface area contributed by atoms with Gasteiger partial charge < -0.3 is 4.90 Å². The first-order valence-electron chi connectivity index (χ1n) is 7.00. The number of aromatic nitrogens is 2. The van der Waals surface area contributed by atoms with E-state index in [1.807, 2.05) is 4.68 Å². The first kappa shape index (κ1) is 13.9. The molecule has 1 saturated heterocycles. The lowest BCUT2D eigenvalue weighted by Crippen LogP contribution is -2.35. The third-order valence-corrected chi connectivity index (χ3v) is 4.62. The number of rotatable bonds is 4. The van der Waals surface area contributed by atoms with Crippen LogP contribution in [0.3, 0.4) is 0 Å². The number of alkyl halides is 1. The zero-order valence-corrected chi connectivity index (χ0v) is 13.3. The van der Waals surface area contributed by atoms with Crippen LogP contribution in [0.4, 0.5) is 5.82 Å². The Bertz CT molecular complexity index is 392. The molecule has 0 spiro atoms. The van der Waals surface area contributed by atoms with E-state index in [-0.39, 0.29) is 0 Å². The first-order valence-corrected chi connectivity index (χ1v) is 8.12. The molecule has 2 rings (SSSR count). The Labute approximate surface area is 119 Å². The summed E-state index contributed by atoms with van der Waals surface area (Å²) in [6, 6.07) is 0. The van der Waals surface area contributed by atoms with E-state index in [4.69, 9.17) is 0 Å². The van der Waals surface area contributed by atoms with Gasteiger partial charge in [0.15, 0.2) is 0 Å². The summed E-state index contributed by atoms with van der Waals surface area (Å²) in [5, 5.41) is 5.46.